The summed E-state index contributed by atoms with van der Waals surface area (Å²) in [7, 11) is 0. The molecule has 4 heteroatoms. The number of aromatic nitrogens is 2. The number of H-pyrrole nitrogens is 1. The van der Waals surface area contributed by atoms with E-state index in [4.69, 9.17) is 4.74 Å². The van der Waals surface area contributed by atoms with Gasteiger partial charge in [0.25, 0.3) is 0 Å². The van der Waals surface area contributed by atoms with Gasteiger partial charge in [0.2, 0.25) is 6.33 Å². The fraction of sp³-hybridized carbons (Fsp3) is 0.588. The van der Waals surface area contributed by atoms with Crippen molar-refractivity contribution in [3.8, 4) is 0 Å². The number of imidazole rings is 1. The molecule has 2 aromatic rings. The van der Waals surface area contributed by atoms with E-state index in [-0.39, 0.29) is 24.0 Å². The average molecular weight is 402 g/mol. The van der Waals surface area contributed by atoms with E-state index in [9.17, 15) is 0 Å². The van der Waals surface area contributed by atoms with Crippen LogP contribution in [0.5, 0.6) is 0 Å². The first-order valence-corrected chi connectivity index (χ1v) is 7.95. The van der Waals surface area contributed by atoms with E-state index in [1.165, 1.54) is 50.5 Å². The van der Waals surface area contributed by atoms with Crippen molar-refractivity contribution in [3.05, 3.63) is 30.6 Å². The number of ether oxygens (including phenoxy) is 1. The van der Waals surface area contributed by atoms with E-state index >= 15 is 0 Å². The third kappa shape index (κ3) is 6.34. The van der Waals surface area contributed by atoms with E-state index in [1.54, 1.807) is 0 Å². The van der Waals surface area contributed by atoms with Crippen molar-refractivity contribution in [1.29, 1.82) is 0 Å². The smallest absolute Gasteiger partial charge is 0.244 e. The maximum absolute atomic E-state index is 5.76. The molecule has 0 saturated heterocycles. The predicted octanol–water partition coefficient (Wildman–Crippen LogP) is 1.18. The normalized spacial score (nSPS) is 10.7. The van der Waals surface area contributed by atoms with Gasteiger partial charge in [-0.25, -0.2) is 9.55 Å². The van der Waals surface area contributed by atoms with Crippen LogP contribution >= 0.6 is 0 Å². The Labute approximate surface area is 145 Å². The quantitative estimate of drug-likeness (QED) is 0.361. The lowest BCUT2D eigenvalue weighted by atomic mass is 10.1. The highest BCUT2D eigenvalue weighted by atomic mass is 127. The average Bonchev–Trinajstić information content (AvgIpc) is 2.89. The summed E-state index contributed by atoms with van der Waals surface area (Å²) >= 11 is 0. The third-order valence-corrected chi connectivity index (χ3v) is 3.71. The fourth-order valence-electron chi connectivity index (χ4n) is 2.49. The number of hydrogen-bond donors (Lipinski definition) is 1. The van der Waals surface area contributed by atoms with Gasteiger partial charge in [-0.1, -0.05) is 57.6 Å². The van der Waals surface area contributed by atoms with Gasteiger partial charge < -0.3 is 28.7 Å². The fourth-order valence-corrected chi connectivity index (χ4v) is 2.49. The second-order valence-electron chi connectivity index (χ2n) is 5.42. The molecule has 1 aromatic heterocycles. The first-order chi connectivity index (χ1) is 9.92. The molecular weight excluding hydrogens is 375 g/mol. The molecule has 1 N–H and O–H groups in total. The Hall–Kier alpha value is -0.620. The Balaban J connectivity index is 0.00000220. The lowest BCUT2D eigenvalue weighted by Gasteiger charge is -2.03. The summed E-state index contributed by atoms with van der Waals surface area (Å²) in [5, 5.41) is 0. The number of benzene rings is 1. The van der Waals surface area contributed by atoms with Crippen LogP contribution in [0.2, 0.25) is 0 Å². The molecular formula is C17H27IN2O. The highest BCUT2D eigenvalue weighted by molar-refractivity contribution is 5.70. The van der Waals surface area contributed by atoms with Gasteiger partial charge in [0.1, 0.15) is 0 Å². The topological polar surface area (TPSA) is 28.9 Å². The molecule has 0 aliphatic rings. The van der Waals surface area contributed by atoms with Gasteiger partial charge in [-0.05, 0) is 18.6 Å². The van der Waals surface area contributed by atoms with Crippen LogP contribution in [0.4, 0.5) is 0 Å². The molecule has 0 aliphatic carbocycles. The summed E-state index contributed by atoms with van der Waals surface area (Å²) in [4.78, 5) is 3.25. The molecule has 118 valence electrons. The van der Waals surface area contributed by atoms with Crippen LogP contribution in [0.3, 0.4) is 0 Å². The molecule has 0 atom stereocenters. The minimum absolute atomic E-state index is 0. The molecule has 0 radical (unpaired) electrons. The maximum Gasteiger partial charge on any atom is 0.244 e. The molecule has 2 rings (SSSR count). The van der Waals surface area contributed by atoms with E-state index in [0.29, 0.717) is 6.73 Å². The Bertz CT molecular complexity index is 498. The first-order valence-electron chi connectivity index (χ1n) is 7.95. The first kappa shape index (κ1) is 18.4. The molecule has 0 amide bonds. The van der Waals surface area contributed by atoms with Gasteiger partial charge in [0.05, 0.1) is 6.61 Å². The monoisotopic (exact) mass is 402 g/mol. The zero-order chi connectivity index (χ0) is 14.0. The standard InChI is InChI=1S/C17H26N2O.HI/c1-2-3-4-5-6-7-10-13-20-15-19-14-18-16-11-8-9-12-17(16)19;/h8-9,11-12,14H,2-7,10,13,15H2,1H3;1H. The van der Waals surface area contributed by atoms with Crippen molar-refractivity contribution in [3.63, 3.8) is 0 Å². The molecule has 0 saturated carbocycles. The predicted molar refractivity (Wildman–Crippen MR) is 82.4 cm³/mol. The van der Waals surface area contributed by atoms with Gasteiger partial charge in [0, 0.05) is 0 Å². The lowest BCUT2D eigenvalue weighted by Crippen LogP contribution is -3.00. The Morgan fingerprint density at radius 3 is 2.52 bits per heavy atom. The van der Waals surface area contributed by atoms with Crippen LogP contribution < -0.4 is 28.5 Å². The van der Waals surface area contributed by atoms with Crippen molar-refractivity contribution >= 4 is 11.0 Å². The van der Waals surface area contributed by atoms with Gasteiger partial charge in [-0.3, -0.25) is 0 Å². The van der Waals surface area contributed by atoms with Crippen LogP contribution in [0.1, 0.15) is 51.9 Å². The van der Waals surface area contributed by atoms with Crippen molar-refractivity contribution in [1.82, 2.24) is 4.98 Å². The van der Waals surface area contributed by atoms with Gasteiger partial charge >= 0.3 is 0 Å². The molecule has 0 spiro atoms. The maximum atomic E-state index is 5.76. The van der Waals surface area contributed by atoms with Crippen molar-refractivity contribution < 1.29 is 33.3 Å². The highest BCUT2D eigenvalue weighted by Crippen LogP contribution is 2.07. The molecule has 1 aromatic carbocycles. The molecule has 0 unspecified atom stereocenters. The number of unbranched alkanes of at least 4 members (excludes halogenated alkanes) is 6. The number of halogens is 1. The number of para-hydroxylation sites is 2. The van der Waals surface area contributed by atoms with Crippen LogP contribution in [-0.2, 0) is 11.5 Å². The van der Waals surface area contributed by atoms with Crippen molar-refractivity contribution in [2.24, 2.45) is 0 Å². The number of hydrogen-bond acceptors (Lipinski definition) is 1. The van der Waals surface area contributed by atoms with Crippen LogP contribution in [-0.4, -0.2) is 11.6 Å². The summed E-state index contributed by atoms with van der Waals surface area (Å²) in [5.41, 5.74) is 2.36. The van der Waals surface area contributed by atoms with Gasteiger partial charge in [-0.15, -0.1) is 0 Å². The molecule has 0 fully saturated rings. The number of aromatic amines is 1. The van der Waals surface area contributed by atoms with Gasteiger partial charge in [-0.2, -0.15) is 0 Å². The Morgan fingerprint density at radius 1 is 1.00 bits per heavy atom. The second-order valence-corrected chi connectivity index (χ2v) is 5.42. The molecule has 0 bridgehead atoms. The third-order valence-electron chi connectivity index (χ3n) is 3.71. The lowest BCUT2D eigenvalue weighted by molar-refractivity contribution is -0.709. The minimum Gasteiger partial charge on any atom is -1.00 e. The number of fused-ring (bicyclic) bond motifs is 1. The van der Waals surface area contributed by atoms with E-state index in [2.05, 4.69) is 34.7 Å². The second kappa shape index (κ2) is 11.0. The summed E-state index contributed by atoms with van der Waals surface area (Å²) in [6, 6.07) is 8.30. The molecule has 21 heavy (non-hydrogen) atoms. The number of rotatable bonds is 10. The largest absolute Gasteiger partial charge is 1.00 e. The zero-order valence-electron chi connectivity index (χ0n) is 13.0. The zero-order valence-corrected chi connectivity index (χ0v) is 15.1. The molecule has 0 aliphatic heterocycles. The summed E-state index contributed by atoms with van der Waals surface area (Å²) in [6.45, 7) is 3.76. The van der Waals surface area contributed by atoms with E-state index in [0.717, 1.165) is 12.1 Å². The highest BCUT2D eigenvalue weighted by Gasteiger charge is 2.07. The summed E-state index contributed by atoms with van der Waals surface area (Å²) in [5.74, 6) is 0. The van der Waals surface area contributed by atoms with Gasteiger partial charge in [0.15, 0.2) is 17.8 Å². The van der Waals surface area contributed by atoms with Crippen LogP contribution in [0.15, 0.2) is 30.6 Å². The van der Waals surface area contributed by atoms with Crippen LogP contribution in [0.25, 0.3) is 11.0 Å². The SMILES string of the molecule is CCCCCCCCCOC[n+]1c[nH]c2ccccc21.[I-]. The number of nitrogens with one attached hydrogen (secondary N) is 1. The molecule has 3 nitrogen and oxygen atoms in total. The number of nitrogens with zero attached hydrogens (tertiary/aromatic N) is 1. The van der Waals surface area contributed by atoms with Crippen molar-refractivity contribution in [2.45, 2.75) is 58.6 Å². The minimum atomic E-state index is 0. The Kier molecular flexibility index (Phi) is 9.67. The Morgan fingerprint density at radius 2 is 1.71 bits per heavy atom. The molecule has 1 heterocycles. The van der Waals surface area contributed by atoms with Crippen LogP contribution in [0, 0.1) is 0 Å². The summed E-state index contributed by atoms with van der Waals surface area (Å²) < 4.78 is 7.88. The summed E-state index contributed by atoms with van der Waals surface area (Å²) in [6.07, 6.45) is 11.3. The van der Waals surface area contributed by atoms with E-state index in [1.807, 2.05) is 12.4 Å². The van der Waals surface area contributed by atoms with Crippen molar-refractivity contribution in [2.75, 3.05) is 6.61 Å². The van der Waals surface area contributed by atoms with E-state index < -0.39 is 0 Å².